The van der Waals surface area contributed by atoms with E-state index < -0.39 is 5.97 Å². The topological polar surface area (TPSA) is 73.9 Å². The molecule has 7 heteroatoms. The van der Waals surface area contributed by atoms with E-state index in [1.807, 2.05) is 19.1 Å². The highest BCUT2D eigenvalue weighted by atomic mass is 35.5. The Kier molecular flexibility index (Phi) is 8.11. The SMILES string of the molecule is CCOC(=O)c1ccc(NC(=O)c2ccc(OCC)c(COc3ccccc3Cl)c2)cc1. The third-order valence-corrected chi connectivity index (χ3v) is 4.81. The zero-order valence-corrected chi connectivity index (χ0v) is 18.6. The van der Waals surface area contributed by atoms with Crippen LogP contribution in [0.25, 0.3) is 0 Å². The van der Waals surface area contributed by atoms with E-state index in [2.05, 4.69) is 5.32 Å². The average molecular weight is 454 g/mol. The molecular weight excluding hydrogens is 430 g/mol. The van der Waals surface area contributed by atoms with Gasteiger partial charge in [0.15, 0.2) is 0 Å². The number of para-hydroxylation sites is 1. The Balaban J connectivity index is 1.74. The van der Waals surface area contributed by atoms with Crippen LogP contribution < -0.4 is 14.8 Å². The minimum atomic E-state index is -0.403. The van der Waals surface area contributed by atoms with Gasteiger partial charge in [-0.3, -0.25) is 4.79 Å². The van der Waals surface area contributed by atoms with Crippen molar-refractivity contribution >= 4 is 29.2 Å². The highest BCUT2D eigenvalue weighted by molar-refractivity contribution is 6.32. The maximum atomic E-state index is 12.8. The van der Waals surface area contributed by atoms with Gasteiger partial charge < -0.3 is 19.5 Å². The number of anilines is 1. The quantitative estimate of drug-likeness (QED) is 0.418. The number of ether oxygens (including phenoxy) is 3. The van der Waals surface area contributed by atoms with Gasteiger partial charge in [0, 0.05) is 16.8 Å². The highest BCUT2D eigenvalue weighted by Crippen LogP contribution is 2.27. The predicted octanol–water partition coefficient (Wildman–Crippen LogP) is 5.75. The number of hydrogen-bond donors (Lipinski definition) is 1. The summed E-state index contributed by atoms with van der Waals surface area (Å²) in [7, 11) is 0. The second-order valence-electron chi connectivity index (χ2n) is 6.73. The largest absolute Gasteiger partial charge is 0.493 e. The number of carbonyl (C=O) groups is 2. The van der Waals surface area contributed by atoms with Crippen molar-refractivity contribution in [1.82, 2.24) is 0 Å². The van der Waals surface area contributed by atoms with Crippen LogP contribution in [-0.4, -0.2) is 25.1 Å². The second kappa shape index (κ2) is 11.2. The summed E-state index contributed by atoms with van der Waals surface area (Å²) in [5.74, 6) is 0.485. The maximum absolute atomic E-state index is 12.8. The van der Waals surface area contributed by atoms with Crippen LogP contribution in [0.15, 0.2) is 66.7 Å². The molecule has 0 heterocycles. The second-order valence-corrected chi connectivity index (χ2v) is 7.13. The molecule has 3 aromatic rings. The summed E-state index contributed by atoms with van der Waals surface area (Å²) in [6, 6.07) is 18.9. The van der Waals surface area contributed by atoms with E-state index >= 15 is 0 Å². The molecule has 0 bridgehead atoms. The van der Waals surface area contributed by atoms with Crippen LogP contribution in [0.4, 0.5) is 5.69 Å². The molecule has 0 aliphatic rings. The van der Waals surface area contributed by atoms with Crippen molar-refractivity contribution in [1.29, 1.82) is 0 Å². The normalized spacial score (nSPS) is 10.3. The van der Waals surface area contributed by atoms with Crippen molar-refractivity contribution < 1.29 is 23.8 Å². The molecule has 1 N–H and O–H groups in total. The van der Waals surface area contributed by atoms with Crippen molar-refractivity contribution in [2.75, 3.05) is 18.5 Å². The van der Waals surface area contributed by atoms with Gasteiger partial charge in [0.25, 0.3) is 5.91 Å². The van der Waals surface area contributed by atoms with Gasteiger partial charge in [-0.25, -0.2) is 4.79 Å². The summed E-state index contributed by atoms with van der Waals surface area (Å²) in [6.45, 7) is 4.61. The number of hydrogen-bond acceptors (Lipinski definition) is 5. The molecule has 0 saturated carbocycles. The molecule has 0 spiro atoms. The molecule has 0 saturated heterocycles. The fourth-order valence-corrected chi connectivity index (χ4v) is 3.14. The first kappa shape index (κ1) is 23.2. The third kappa shape index (κ3) is 6.02. The van der Waals surface area contributed by atoms with Crippen LogP contribution >= 0.6 is 11.6 Å². The zero-order chi connectivity index (χ0) is 22.9. The number of esters is 1. The van der Waals surface area contributed by atoms with Crippen LogP contribution in [0, 0.1) is 0 Å². The average Bonchev–Trinajstić information content (AvgIpc) is 2.80. The van der Waals surface area contributed by atoms with Crippen molar-refractivity contribution in [2.24, 2.45) is 0 Å². The van der Waals surface area contributed by atoms with Crippen LogP contribution in [0.5, 0.6) is 11.5 Å². The number of nitrogens with one attached hydrogen (secondary N) is 1. The number of halogens is 1. The van der Waals surface area contributed by atoms with Crippen LogP contribution in [-0.2, 0) is 11.3 Å². The molecule has 0 unspecified atom stereocenters. The Labute approximate surface area is 192 Å². The van der Waals surface area contributed by atoms with Gasteiger partial charge in [-0.05, 0) is 68.4 Å². The molecule has 1 amide bonds. The lowest BCUT2D eigenvalue weighted by Gasteiger charge is -2.14. The molecular formula is C25H24ClNO5. The van der Waals surface area contributed by atoms with Crippen LogP contribution in [0.2, 0.25) is 5.02 Å². The fourth-order valence-electron chi connectivity index (χ4n) is 2.95. The monoisotopic (exact) mass is 453 g/mol. The highest BCUT2D eigenvalue weighted by Gasteiger charge is 2.13. The molecule has 0 atom stereocenters. The van der Waals surface area contributed by atoms with E-state index in [0.717, 1.165) is 5.56 Å². The first-order chi connectivity index (χ1) is 15.5. The van der Waals surface area contributed by atoms with E-state index in [1.54, 1.807) is 61.5 Å². The molecule has 0 aromatic heterocycles. The van der Waals surface area contributed by atoms with Crippen molar-refractivity contribution in [3.05, 3.63) is 88.4 Å². The summed E-state index contributed by atoms with van der Waals surface area (Å²) >= 11 is 6.16. The minimum absolute atomic E-state index is 0.189. The Bertz CT molecular complexity index is 1080. The van der Waals surface area contributed by atoms with E-state index in [1.165, 1.54) is 0 Å². The fraction of sp³-hybridized carbons (Fsp3) is 0.200. The summed E-state index contributed by atoms with van der Waals surface area (Å²) in [6.07, 6.45) is 0. The van der Waals surface area contributed by atoms with Gasteiger partial charge in [0.05, 0.1) is 23.8 Å². The number of amides is 1. The molecule has 6 nitrogen and oxygen atoms in total. The smallest absolute Gasteiger partial charge is 0.338 e. The van der Waals surface area contributed by atoms with Crippen LogP contribution in [0.1, 0.15) is 40.1 Å². The summed E-state index contributed by atoms with van der Waals surface area (Å²) in [5, 5.41) is 3.33. The lowest BCUT2D eigenvalue weighted by Crippen LogP contribution is -2.13. The summed E-state index contributed by atoms with van der Waals surface area (Å²) in [4.78, 5) is 24.5. The standard InChI is InChI=1S/C25H24ClNO5/c1-3-30-22-14-11-18(15-19(22)16-32-23-8-6-5-7-21(23)26)24(28)27-20-12-9-17(10-13-20)25(29)31-4-2/h5-15H,3-4,16H2,1-2H3,(H,27,28). The minimum Gasteiger partial charge on any atom is -0.493 e. The molecule has 0 aliphatic heterocycles. The maximum Gasteiger partial charge on any atom is 0.338 e. The molecule has 3 aromatic carbocycles. The Morgan fingerprint density at radius 1 is 0.844 bits per heavy atom. The lowest BCUT2D eigenvalue weighted by molar-refractivity contribution is 0.0526. The first-order valence-electron chi connectivity index (χ1n) is 10.2. The van der Waals surface area contributed by atoms with Crippen LogP contribution in [0.3, 0.4) is 0 Å². The van der Waals surface area contributed by atoms with Crippen molar-refractivity contribution in [3.8, 4) is 11.5 Å². The summed E-state index contributed by atoms with van der Waals surface area (Å²) in [5.41, 5.74) is 2.15. The summed E-state index contributed by atoms with van der Waals surface area (Å²) < 4.78 is 16.5. The van der Waals surface area contributed by atoms with Gasteiger partial charge >= 0.3 is 5.97 Å². The number of benzene rings is 3. The molecule has 0 fully saturated rings. The van der Waals surface area contributed by atoms with Gasteiger partial charge in [-0.15, -0.1) is 0 Å². The number of carbonyl (C=O) groups excluding carboxylic acids is 2. The lowest BCUT2D eigenvalue weighted by atomic mass is 10.1. The third-order valence-electron chi connectivity index (χ3n) is 4.50. The molecule has 166 valence electrons. The Hall–Kier alpha value is -3.51. The van der Waals surface area contributed by atoms with Crippen molar-refractivity contribution in [2.45, 2.75) is 20.5 Å². The van der Waals surface area contributed by atoms with E-state index in [-0.39, 0.29) is 12.5 Å². The van der Waals surface area contributed by atoms with E-state index in [4.69, 9.17) is 25.8 Å². The molecule has 32 heavy (non-hydrogen) atoms. The Morgan fingerprint density at radius 3 is 2.25 bits per heavy atom. The van der Waals surface area contributed by atoms with Crippen molar-refractivity contribution in [3.63, 3.8) is 0 Å². The van der Waals surface area contributed by atoms with Gasteiger partial charge in [-0.1, -0.05) is 23.7 Å². The van der Waals surface area contributed by atoms with E-state index in [0.29, 0.717) is 46.5 Å². The molecule has 0 radical (unpaired) electrons. The van der Waals surface area contributed by atoms with Gasteiger partial charge in [0.1, 0.15) is 18.1 Å². The zero-order valence-electron chi connectivity index (χ0n) is 17.9. The molecule has 3 rings (SSSR count). The molecule has 0 aliphatic carbocycles. The van der Waals surface area contributed by atoms with Gasteiger partial charge in [-0.2, -0.15) is 0 Å². The van der Waals surface area contributed by atoms with Gasteiger partial charge in [0.2, 0.25) is 0 Å². The predicted molar refractivity (Wildman–Crippen MR) is 124 cm³/mol. The van der Waals surface area contributed by atoms with E-state index in [9.17, 15) is 9.59 Å². The Morgan fingerprint density at radius 2 is 1.56 bits per heavy atom. The number of rotatable bonds is 9. The first-order valence-corrected chi connectivity index (χ1v) is 10.6.